The van der Waals surface area contributed by atoms with E-state index in [1.165, 1.54) is 0 Å². The monoisotopic (exact) mass is 324 g/mol. The first kappa shape index (κ1) is 17.3. The zero-order valence-electron chi connectivity index (χ0n) is 9.34. The van der Waals surface area contributed by atoms with Crippen molar-refractivity contribution in [3.05, 3.63) is 0 Å². The Bertz CT molecular complexity index is 376. The molecule has 0 radical (unpaired) electrons. The maximum absolute atomic E-state index is 13.5. The van der Waals surface area contributed by atoms with Gasteiger partial charge in [0.2, 0.25) is 0 Å². The number of ether oxygens (including phenoxy) is 1. The van der Waals surface area contributed by atoms with Crippen LogP contribution in [0.4, 0.5) is 43.9 Å². The Morgan fingerprint density at radius 1 is 0.700 bits per heavy atom. The molecule has 0 bridgehead atoms. The molecule has 1 N–H and O–H groups in total. The third-order valence-electron chi connectivity index (χ3n) is 3.09. The van der Waals surface area contributed by atoms with Crippen molar-refractivity contribution in [2.45, 2.75) is 35.2 Å². The minimum Gasteiger partial charge on any atom is -0.393 e. The highest BCUT2D eigenvalue weighted by molar-refractivity contribution is 5.26. The Balaban J connectivity index is 3.81. The smallest absolute Gasteiger partial charge is 0.381 e. The molecule has 0 heterocycles. The molecule has 2 nitrogen and oxygen atoms in total. The maximum atomic E-state index is 13.5. The molecule has 0 aromatic carbocycles. The van der Waals surface area contributed by atoms with E-state index in [1.807, 2.05) is 0 Å². The van der Waals surface area contributed by atoms with Gasteiger partial charge >= 0.3 is 29.5 Å². The highest BCUT2D eigenvalue weighted by Crippen LogP contribution is 2.68. The van der Waals surface area contributed by atoms with E-state index in [4.69, 9.17) is 5.11 Å². The Kier molecular flexibility index (Phi) is 3.37. The third kappa shape index (κ3) is 1.29. The van der Waals surface area contributed by atoms with Crippen molar-refractivity contribution in [3.63, 3.8) is 0 Å². The summed E-state index contributed by atoms with van der Waals surface area (Å²) in [7, 11) is -0.265. The van der Waals surface area contributed by atoms with Gasteiger partial charge in [0.15, 0.2) is 0 Å². The zero-order valence-corrected chi connectivity index (χ0v) is 9.34. The largest absolute Gasteiger partial charge is 0.393 e. The maximum Gasteiger partial charge on any atom is 0.381 e. The van der Waals surface area contributed by atoms with Gasteiger partial charge in [-0.2, -0.15) is 39.5 Å². The Hall–Kier alpha value is -0.780. The van der Waals surface area contributed by atoms with Crippen LogP contribution in [0.25, 0.3) is 0 Å². The fourth-order valence-electron chi connectivity index (χ4n) is 1.75. The molecule has 0 spiro atoms. The molecule has 20 heavy (non-hydrogen) atoms. The second-order valence-electron chi connectivity index (χ2n) is 4.06. The second kappa shape index (κ2) is 3.90. The van der Waals surface area contributed by atoms with Crippen molar-refractivity contribution in [2.75, 3.05) is 13.7 Å². The van der Waals surface area contributed by atoms with Crippen molar-refractivity contribution in [1.82, 2.24) is 0 Å². The Morgan fingerprint density at radius 2 is 1.10 bits per heavy atom. The quantitative estimate of drug-likeness (QED) is 0.791. The predicted molar refractivity (Wildman–Crippen MR) is 41.6 cm³/mol. The molecule has 12 heteroatoms. The van der Waals surface area contributed by atoms with Crippen LogP contribution in [0.2, 0.25) is 0 Å². The SMILES string of the molecule is COC1(F)C(F)(F)C(F)(F)C(F)(F)C(F)(CO)C1(F)F. The minimum absolute atomic E-state index is 0.265. The lowest BCUT2D eigenvalue weighted by atomic mass is 9.72. The summed E-state index contributed by atoms with van der Waals surface area (Å²) in [5.41, 5.74) is -6.00. The lowest BCUT2D eigenvalue weighted by Gasteiger charge is -2.53. The molecule has 1 aliphatic carbocycles. The first-order valence-corrected chi connectivity index (χ1v) is 4.67. The van der Waals surface area contributed by atoms with Crippen molar-refractivity contribution in [2.24, 2.45) is 0 Å². The Morgan fingerprint density at radius 3 is 1.40 bits per heavy atom. The highest BCUT2D eigenvalue weighted by atomic mass is 19.4. The molecule has 0 aromatic rings. The molecular weight excluding hydrogens is 318 g/mol. The van der Waals surface area contributed by atoms with Crippen LogP contribution in [-0.2, 0) is 4.74 Å². The van der Waals surface area contributed by atoms with E-state index in [1.54, 1.807) is 0 Å². The van der Waals surface area contributed by atoms with Gasteiger partial charge in [-0.3, -0.25) is 0 Å². The van der Waals surface area contributed by atoms with Crippen LogP contribution in [0.5, 0.6) is 0 Å². The summed E-state index contributed by atoms with van der Waals surface area (Å²) in [5.74, 6) is -33.0. The summed E-state index contributed by atoms with van der Waals surface area (Å²) in [6, 6.07) is 0. The van der Waals surface area contributed by atoms with Gasteiger partial charge < -0.3 is 9.84 Å². The number of halogens is 10. The fourth-order valence-corrected chi connectivity index (χ4v) is 1.75. The van der Waals surface area contributed by atoms with Gasteiger partial charge in [0.25, 0.3) is 5.67 Å². The van der Waals surface area contributed by atoms with Crippen LogP contribution in [0.15, 0.2) is 0 Å². The molecule has 0 aromatic heterocycles. The summed E-state index contributed by atoms with van der Waals surface area (Å²) >= 11 is 0. The topological polar surface area (TPSA) is 29.5 Å². The minimum atomic E-state index is -6.88. The molecule has 2 unspecified atom stereocenters. The molecule has 0 aliphatic heterocycles. The number of rotatable bonds is 2. The van der Waals surface area contributed by atoms with Crippen LogP contribution < -0.4 is 0 Å². The van der Waals surface area contributed by atoms with Crippen molar-refractivity contribution >= 4 is 0 Å². The van der Waals surface area contributed by atoms with E-state index in [-0.39, 0.29) is 7.11 Å². The molecule has 2 atom stereocenters. The van der Waals surface area contributed by atoms with Crippen LogP contribution >= 0.6 is 0 Å². The normalized spacial score (nSPS) is 41.4. The molecule has 1 fully saturated rings. The number of methoxy groups -OCH3 is 1. The predicted octanol–water partition coefficient (Wildman–Crippen LogP) is 2.55. The van der Waals surface area contributed by atoms with E-state index < -0.39 is 41.8 Å². The number of aliphatic hydroxyl groups is 1. The van der Waals surface area contributed by atoms with Gasteiger partial charge in [0.05, 0.1) is 6.61 Å². The average molecular weight is 324 g/mol. The summed E-state index contributed by atoms with van der Waals surface area (Å²) in [6.07, 6.45) is 0. The van der Waals surface area contributed by atoms with Gasteiger partial charge in [-0.15, -0.1) is 0 Å². The Labute approximate surface area is 104 Å². The lowest BCUT2D eigenvalue weighted by molar-refractivity contribution is -0.504. The van der Waals surface area contributed by atoms with Crippen LogP contribution in [0, 0.1) is 0 Å². The van der Waals surface area contributed by atoms with E-state index in [0.717, 1.165) is 0 Å². The van der Waals surface area contributed by atoms with Crippen LogP contribution in [0.1, 0.15) is 0 Å². The molecule has 120 valence electrons. The van der Waals surface area contributed by atoms with Crippen LogP contribution in [0.3, 0.4) is 0 Å². The van der Waals surface area contributed by atoms with Crippen molar-refractivity contribution in [3.8, 4) is 0 Å². The van der Waals surface area contributed by atoms with Crippen molar-refractivity contribution < 1.29 is 53.7 Å². The van der Waals surface area contributed by atoms with E-state index in [0.29, 0.717) is 0 Å². The summed E-state index contributed by atoms with van der Waals surface area (Å²) in [6.45, 7) is -3.05. The zero-order chi connectivity index (χ0) is 16.4. The van der Waals surface area contributed by atoms with Gasteiger partial charge in [0, 0.05) is 7.11 Å². The average Bonchev–Trinajstić information content (AvgIpc) is 2.33. The van der Waals surface area contributed by atoms with Gasteiger partial charge in [-0.25, -0.2) is 4.39 Å². The van der Waals surface area contributed by atoms with Crippen molar-refractivity contribution in [1.29, 1.82) is 0 Å². The molecule has 1 saturated carbocycles. The number of hydrogen-bond acceptors (Lipinski definition) is 2. The second-order valence-corrected chi connectivity index (χ2v) is 4.06. The van der Waals surface area contributed by atoms with Gasteiger partial charge in [-0.1, -0.05) is 0 Å². The van der Waals surface area contributed by atoms with Gasteiger partial charge in [0.1, 0.15) is 0 Å². The van der Waals surface area contributed by atoms with E-state index in [9.17, 15) is 43.9 Å². The first-order valence-electron chi connectivity index (χ1n) is 4.67. The van der Waals surface area contributed by atoms with Crippen LogP contribution in [-0.4, -0.2) is 54.0 Å². The summed E-state index contributed by atoms with van der Waals surface area (Å²) < 4.78 is 135. The number of alkyl halides is 10. The standard InChI is InChI=1S/C8H6F10O2/c1-20-8(18)5(12,13)3(9,2-19)4(10,11)6(14,15)7(8,16)17/h19H,2H2,1H3. The summed E-state index contributed by atoms with van der Waals surface area (Å²) in [5, 5.41) is 8.22. The van der Waals surface area contributed by atoms with Gasteiger partial charge in [-0.05, 0) is 0 Å². The molecule has 0 saturated heterocycles. The molecule has 0 amide bonds. The lowest BCUT2D eigenvalue weighted by Crippen LogP contribution is -2.86. The number of aliphatic hydroxyl groups excluding tert-OH is 1. The molecule has 1 aliphatic rings. The number of hydrogen-bond donors (Lipinski definition) is 1. The summed E-state index contributed by atoms with van der Waals surface area (Å²) in [4.78, 5) is 0. The first-order chi connectivity index (χ1) is 8.62. The highest BCUT2D eigenvalue weighted by Gasteiger charge is 3.00. The van der Waals surface area contributed by atoms with E-state index in [2.05, 4.69) is 4.74 Å². The fraction of sp³-hybridized carbons (Fsp3) is 1.00. The van der Waals surface area contributed by atoms with E-state index >= 15 is 0 Å². The molecular formula is C8H6F10O2. The molecule has 1 rings (SSSR count). The third-order valence-corrected chi connectivity index (χ3v) is 3.09.